The van der Waals surface area contributed by atoms with E-state index in [1.165, 1.54) is 0 Å². The van der Waals surface area contributed by atoms with Gasteiger partial charge in [-0.3, -0.25) is 14.4 Å². The molecule has 0 aliphatic rings. The van der Waals surface area contributed by atoms with Gasteiger partial charge in [-0.25, -0.2) is 0 Å². The van der Waals surface area contributed by atoms with Gasteiger partial charge in [-0.2, -0.15) is 0 Å². The van der Waals surface area contributed by atoms with Crippen molar-refractivity contribution in [3.63, 3.8) is 0 Å². The molecule has 0 amide bonds. The van der Waals surface area contributed by atoms with Gasteiger partial charge in [0.15, 0.2) is 0 Å². The number of rotatable bonds is 18. The maximum Gasteiger partial charge on any atom is 0.303 e. The molecule has 186 valence electrons. The highest BCUT2D eigenvalue weighted by Gasteiger charge is 2.11. The molecule has 0 saturated heterocycles. The topological polar surface area (TPSA) is 113 Å². The summed E-state index contributed by atoms with van der Waals surface area (Å²) in [7, 11) is 5.23. The second kappa shape index (κ2) is 20.2. The molecule has 8 nitrogen and oxygen atoms in total. The average molecular weight is 465 g/mol. The van der Waals surface area contributed by atoms with Gasteiger partial charge < -0.3 is 24.9 Å². The maximum atomic E-state index is 11.6. The largest absolute Gasteiger partial charge is 0.481 e. The van der Waals surface area contributed by atoms with Crippen LogP contribution in [0.15, 0.2) is 12.1 Å². The predicted octanol–water partition coefficient (Wildman–Crippen LogP) is 3.50. The number of aldehydes is 3. The molecule has 0 unspecified atom stereocenters. The number of unbranched alkanes of at least 4 members (excludes halogenated alkanes) is 5. The molecule has 0 bridgehead atoms. The first-order valence-electron chi connectivity index (χ1n) is 11.4. The lowest BCUT2D eigenvalue weighted by Crippen LogP contribution is -2.21. The van der Waals surface area contributed by atoms with E-state index in [2.05, 4.69) is 15.0 Å². The zero-order chi connectivity index (χ0) is 24.9. The third-order valence-electron chi connectivity index (χ3n) is 5.02. The fourth-order valence-electron chi connectivity index (χ4n) is 3.32. The number of ether oxygens (including phenoxy) is 1. The first-order valence-corrected chi connectivity index (χ1v) is 11.4. The van der Waals surface area contributed by atoms with Crippen LogP contribution >= 0.6 is 0 Å². The Balaban J connectivity index is 0.00000322. The van der Waals surface area contributed by atoms with Crippen molar-refractivity contribution >= 4 is 24.8 Å². The number of carbonyl (C=O) groups excluding carboxylic acids is 3. The lowest BCUT2D eigenvalue weighted by molar-refractivity contribution is -0.137. The normalized spacial score (nSPS) is 10.4. The van der Waals surface area contributed by atoms with Crippen LogP contribution < -0.4 is 5.32 Å². The Kier molecular flexibility index (Phi) is 18.7. The van der Waals surface area contributed by atoms with Gasteiger partial charge >= 0.3 is 5.97 Å². The minimum atomic E-state index is -0.774. The summed E-state index contributed by atoms with van der Waals surface area (Å²) < 4.78 is 4.25. The zero-order valence-corrected chi connectivity index (χ0v) is 20.3. The molecule has 1 aromatic carbocycles. The molecular formula is C25H40N2O6. The molecule has 1 rings (SSSR count). The molecule has 0 spiro atoms. The summed E-state index contributed by atoms with van der Waals surface area (Å²) in [6, 6.07) is 3.57. The second-order valence-corrected chi connectivity index (χ2v) is 8.03. The quantitative estimate of drug-likeness (QED) is 0.251. The molecule has 1 aromatic rings. The second-order valence-electron chi connectivity index (χ2n) is 8.03. The van der Waals surface area contributed by atoms with Crippen LogP contribution in [0.4, 0.5) is 0 Å². The third kappa shape index (κ3) is 15.1. The summed E-state index contributed by atoms with van der Waals surface area (Å²) in [4.78, 5) is 46.1. The van der Waals surface area contributed by atoms with Gasteiger partial charge in [0.2, 0.25) is 0 Å². The fourth-order valence-corrected chi connectivity index (χ4v) is 3.32. The van der Waals surface area contributed by atoms with E-state index in [0.717, 1.165) is 75.2 Å². The van der Waals surface area contributed by atoms with E-state index in [-0.39, 0.29) is 6.42 Å². The van der Waals surface area contributed by atoms with Gasteiger partial charge in [-0.15, -0.1) is 0 Å². The molecule has 0 saturated carbocycles. The highest BCUT2D eigenvalue weighted by Crippen LogP contribution is 2.17. The smallest absolute Gasteiger partial charge is 0.303 e. The SMILES string of the molecule is CN(CCCCCC=O)Cc1cc(C=O)c(CNCCCCCC(=O)O)cc1C=O.COC. The van der Waals surface area contributed by atoms with Gasteiger partial charge in [0.05, 0.1) is 0 Å². The Hall–Kier alpha value is -2.42. The van der Waals surface area contributed by atoms with Crippen LogP contribution in [0.3, 0.4) is 0 Å². The zero-order valence-electron chi connectivity index (χ0n) is 20.3. The van der Waals surface area contributed by atoms with Gasteiger partial charge in [-0.1, -0.05) is 12.8 Å². The van der Waals surface area contributed by atoms with Crippen molar-refractivity contribution in [2.75, 3.05) is 34.4 Å². The van der Waals surface area contributed by atoms with Gasteiger partial charge in [0.25, 0.3) is 0 Å². The molecule has 0 aromatic heterocycles. The van der Waals surface area contributed by atoms with Gasteiger partial charge in [0.1, 0.15) is 18.9 Å². The Morgan fingerprint density at radius 2 is 1.58 bits per heavy atom. The van der Waals surface area contributed by atoms with Crippen molar-refractivity contribution < 1.29 is 29.0 Å². The highest BCUT2D eigenvalue weighted by molar-refractivity contribution is 5.83. The van der Waals surface area contributed by atoms with Crippen LogP contribution in [-0.4, -0.2) is 69.2 Å². The van der Waals surface area contributed by atoms with Crippen molar-refractivity contribution in [2.45, 2.75) is 64.5 Å². The van der Waals surface area contributed by atoms with E-state index < -0.39 is 5.97 Å². The number of carbonyl (C=O) groups is 4. The Bertz CT molecular complexity index is 708. The summed E-state index contributed by atoms with van der Waals surface area (Å²) >= 11 is 0. The van der Waals surface area contributed by atoms with E-state index in [4.69, 9.17) is 5.11 Å². The summed E-state index contributed by atoms with van der Waals surface area (Å²) in [5, 5.41) is 11.9. The lowest BCUT2D eigenvalue weighted by atomic mass is 9.98. The summed E-state index contributed by atoms with van der Waals surface area (Å²) in [5.41, 5.74) is 2.79. The number of hydrogen-bond acceptors (Lipinski definition) is 7. The van der Waals surface area contributed by atoms with Crippen LogP contribution in [0.5, 0.6) is 0 Å². The first-order chi connectivity index (χ1) is 15.9. The number of nitrogens with zero attached hydrogens (tertiary/aromatic N) is 1. The van der Waals surface area contributed by atoms with E-state index in [9.17, 15) is 19.2 Å². The number of hydrogen-bond donors (Lipinski definition) is 2. The average Bonchev–Trinajstić information content (AvgIpc) is 2.79. The van der Waals surface area contributed by atoms with Crippen molar-refractivity contribution in [1.82, 2.24) is 10.2 Å². The number of nitrogens with one attached hydrogen (secondary N) is 1. The standard InChI is InChI=1S/C23H34N2O5.C2H6O/c1-25(11-7-2-3-8-12-26)16-20-14-21(17-27)19(13-22(20)18-28)15-24-10-6-4-5-9-23(29)30;1-3-2/h12-14,17-18,24H,2-11,15-16H2,1H3,(H,29,30);1-2H3. The van der Waals surface area contributed by atoms with E-state index in [1.54, 1.807) is 26.4 Å². The molecule has 33 heavy (non-hydrogen) atoms. The highest BCUT2D eigenvalue weighted by atomic mass is 16.4. The number of aliphatic carboxylic acids is 1. The number of carboxylic acid groups (broad SMARTS) is 1. The first kappa shape index (κ1) is 30.6. The molecule has 0 atom stereocenters. The number of benzene rings is 1. The van der Waals surface area contributed by atoms with Crippen LogP contribution in [0.2, 0.25) is 0 Å². The van der Waals surface area contributed by atoms with Gasteiger partial charge in [0, 0.05) is 51.3 Å². The van der Waals surface area contributed by atoms with E-state index in [1.807, 2.05) is 7.05 Å². The molecule has 2 N–H and O–H groups in total. The summed E-state index contributed by atoms with van der Waals surface area (Å²) in [5.74, 6) is -0.774. The van der Waals surface area contributed by atoms with Crippen LogP contribution in [0.25, 0.3) is 0 Å². The lowest BCUT2D eigenvalue weighted by Gasteiger charge is -2.19. The van der Waals surface area contributed by atoms with Crippen molar-refractivity contribution in [3.8, 4) is 0 Å². The maximum absolute atomic E-state index is 11.6. The minimum Gasteiger partial charge on any atom is -0.481 e. The predicted molar refractivity (Wildman–Crippen MR) is 129 cm³/mol. The van der Waals surface area contributed by atoms with Crippen LogP contribution in [0.1, 0.15) is 83.2 Å². The fraction of sp³-hybridized carbons (Fsp3) is 0.600. The Morgan fingerprint density at radius 3 is 2.18 bits per heavy atom. The van der Waals surface area contributed by atoms with E-state index in [0.29, 0.717) is 37.1 Å². The molecule has 0 heterocycles. The molecule has 0 radical (unpaired) electrons. The third-order valence-corrected chi connectivity index (χ3v) is 5.02. The molecule has 0 aliphatic carbocycles. The van der Waals surface area contributed by atoms with Crippen molar-refractivity contribution in [1.29, 1.82) is 0 Å². The number of carboxylic acids is 1. The molecular weight excluding hydrogens is 424 g/mol. The molecule has 0 aliphatic heterocycles. The van der Waals surface area contributed by atoms with Crippen LogP contribution in [-0.2, 0) is 27.4 Å². The van der Waals surface area contributed by atoms with E-state index >= 15 is 0 Å². The molecule has 0 fully saturated rings. The minimum absolute atomic E-state index is 0.187. The van der Waals surface area contributed by atoms with Gasteiger partial charge in [-0.05, 0) is 69.1 Å². The Morgan fingerprint density at radius 1 is 0.970 bits per heavy atom. The Labute approximate surface area is 197 Å². The molecule has 8 heteroatoms. The van der Waals surface area contributed by atoms with Crippen LogP contribution in [0, 0.1) is 0 Å². The van der Waals surface area contributed by atoms with Crippen molar-refractivity contribution in [3.05, 3.63) is 34.4 Å². The monoisotopic (exact) mass is 464 g/mol. The number of methoxy groups -OCH3 is 1. The van der Waals surface area contributed by atoms with Crippen molar-refractivity contribution in [2.24, 2.45) is 0 Å². The summed E-state index contributed by atoms with van der Waals surface area (Å²) in [6.07, 6.45) is 8.60. The summed E-state index contributed by atoms with van der Waals surface area (Å²) in [6.45, 7) is 2.66.